The van der Waals surface area contributed by atoms with Crippen LogP contribution in [0, 0.1) is 11.6 Å². The van der Waals surface area contributed by atoms with Gasteiger partial charge in [0.05, 0.1) is 23.0 Å². The molecule has 2 N–H and O–H groups in total. The molecule has 0 radical (unpaired) electrons. The van der Waals surface area contributed by atoms with Crippen molar-refractivity contribution in [2.75, 3.05) is 5.73 Å². The van der Waals surface area contributed by atoms with Crippen LogP contribution in [0.3, 0.4) is 0 Å². The van der Waals surface area contributed by atoms with Gasteiger partial charge in [-0.15, -0.1) is 0 Å². The average Bonchev–Trinajstić information content (AvgIpc) is 3.02. The first kappa shape index (κ1) is 12.3. The van der Waals surface area contributed by atoms with E-state index in [1.165, 1.54) is 0 Å². The maximum absolute atomic E-state index is 13.7. The molecule has 0 aliphatic rings. The second-order valence-corrected chi connectivity index (χ2v) is 4.18. The maximum Gasteiger partial charge on any atom is 0.261 e. The Hall–Kier alpha value is -2.77. The van der Waals surface area contributed by atoms with Gasteiger partial charge >= 0.3 is 0 Å². The smallest absolute Gasteiger partial charge is 0.261 e. The van der Waals surface area contributed by atoms with E-state index in [0.29, 0.717) is 11.6 Å². The Morgan fingerprint density at radius 2 is 2.05 bits per heavy atom. The summed E-state index contributed by atoms with van der Waals surface area (Å²) in [6.07, 6.45) is 3.23. The number of hydrogen-bond donors (Lipinski definition) is 1. The lowest BCUT2D eigenvalue weighted by Crippen LogP contribution is -1.94. The van der Waals surface area contributed by atoms with Crippen LogP contribution >= 0.6 is 0 Å². The van der Waals surface area contributed by atoms with Gasteiger partial charge in [-0.25, -0.2) is 8.78 Å². The molecule has 0 atom stereocenters. The van der Waals surface area contributed by atoms with Crippen LogP contribution in [0.5, 0.6) is 0 Å². The molecular weight excluding hydrogens is 268 g/mol. The predicted molar refractivity (Wildman–Crippen MR) is 66.3 cm³/mol. The number of nitrogen functional groups attached to an aromatic ring is 1. The first-order chi connectivity index (χ1) is 9.54. The summed E-state index contributed by atoms with van der Waals surface area (Å²) < 4.78 is 33.3. The summed E-state index contributed by atoms with van der Waals surface area (Å²) in [6, 6.07) is 1.80. The monoisotopic (exact) mass is 277 g/mol. The number of aromatic nitrogens is 4. The second-order valence-electron chi connectivity index (χ2n) is 4.18. The summed E-state index contributed by atoms with van der Waals surface area (Å²) >= 11 is 0. The molecule has 2 heterocycles. The standard InChI is InChI=1S/C12H9F2N5O/c1-19-5-6(4-16-19)11-17-12(20-18-11)7-2-10(15)9(14)3-8(7)13/h2-5H,15H2,1H3. The Bertz CT molecular complexity index is 780. The molecule has 20 heavy (non-hydrogen) atoms. The van der Waals surface area contributed by atoms with Crippen molar-refractivity contribution in [2.24, 2.45) is 7.05 Å². The number of halogens is 2. The van der Waals surface area contributed by atoms with Crippen LogP contribution in [0.1, 0.15) is 0 Å². The molecule has 3 aromatic rings. The van der Waals surface area contributed by atoms with E-state index in [4.69, 9.17) is 10.3 Å². The van der Waals surface area contributed by atoms with Crippen LogP contribution in [-0.2, 0) is 7.05 Å². The van der Waals surface area contributed by atoms with E-state index in [2.05, 4.69) is 15.2 Å². The minimum Gasteiger partial charge on any atom is -0.396 e. The quantitative estimate of drug-likeness (QED) is 0.724. The molecule has 8 heteroatoms. The second kappa shape index (κ2) is 4.41. The van der Waals surface area contributed by atoms with Crippen LogP contribution in [0.15, 0.2) is 29.0 Å². The van der Waals surface area contributed by atoms with E-state index in [-0.39, 0.29) is 23.0 Å². The van der Waals surface area contributed by atoms with Crippen LogP contribution in [-0.4, -0.2) is 19.9 Å². The molecule has 0 aliphatic carbocycles. The minimum atomic E-state index is -0.835. The Morgan fingerprint density at radius 1 is 1.25 bits per heavy atom. The highest BCUT2D eigenvalue weighted by atomic mass is 19.1. The molecular formula is C12H9F2N5O. The van der Waals surface area contributed by atoms with Crippen molar-refractivity contribution < 1.29 is 13.3 Å². The molecule has 102 valence electrons. The molecule has 0 amide bonds. The van der Waals surface area contributed by atoms with Crippen molar-refractivity contribution in [2.45, 2.75) is 0 Å². The number of aryl methyl sites for hydroxylation is 1. The molecule has 0 saturated heterocycles. The Morgan fingerprint density at radius 3 is 2.75 bits per heavy atom. The number of nitrogens with zero attached hydrogens (tertiary/aromatic N) is 4. The topological polar surface area (TPSA) is 82.8 Å². The summed E-state index contributed by atoms with van der Waals surface area (Å²) in [7, 11) is 1.74. The van der Waals surface area contributed by atoms with Gasteiger partial charge in [0.1, 0.15) is 11.6 Å². The lowest BCUT2D eigenvalue weighted by atomic mass is 10.2. The molecule has 0 bridgehead atoms. The van der Waals surface area contributed by atoms with Gasteiger partial charge in [-0.3, -0.25) is 4.68 Å². The number of rotatable bonds is 2. The molecule has 2 aromatic heterocycles. The fourth-order valence-electron chi connectivity index (χ4n) is 1.72. The first-order valence-corrected chi connectivity index (χ1v) is 5.62. The first-order valence-electron chi connectivity index (χ1n) is 5.62. The largest absolute Gasteiger partial charge is 0.396 e. The summed E-state index contributed by atoms with van der Waals surface area (Å²) in [4.78, 5) is 4.05. The van der Waals surface area contributed by atoms with Gasteiger partial charge in [0.15, 0.2) is 0 Å². The summed E-state index contributed by atoms with van der Waals surface area (Å²) in [5.74, 6) is -1.47. The minimum absolute atomic E-state index is 0.0495. The zero-order valence-electron chi connectivity index (χ0n) is 10.3. The van der Waals surface area contributed by atoms with Gasteiger partial charge in [-0.05, 0) is 6.07 Å². The van der Waals surface area contributed by atoms with Gasteiger partial charge in [0.25, 0.3) is 5.89 Å². The van der Waals surface area contributed by atoms with Crippen LogP contribution in [0.25, 0.3) is 22.8 Å². The highest BCUT2D eigenvalue weighted by molar-refractivity contribution is 5.63. The maximum atomic E-state index is 13.7. The fourth-order valence-corrected chi connectivity index (χ4v) is 1.72. The average molecular weight is 277 g/mol. The Kier molecular flexibility index (Phi) is 2.70. The van der Waals surface area contributed by atoms with E-state index in [0.717, 1.165) is 6.07 Å². The normalized spacial score (nSPS) is 10.9. The van der Waals surface area contributed by atoms with Gasteiger partial charge in [0, 0.05) is 19.3 Å². The molecule has 0 unspecified atom stereocenters. The summed E-state index contributed by atoms with van der Waals surface area (Å²) in [5.41, 5.74) is 5.78. The highest BCUT2D eigenvalue weighted by Gasteiger charge is 2.17. The lowest BCUT2D eigenvalue weighted by molar-refractivity contribution is 0.429. The van der Waals surface area contributed by atoms with E-state index in [1.807, 2.05) is 0 Å². The van der Waals surface area contributed by atoms with Crippen LogP contribution in [0.2, 0.25) is 0 Å². The molecule has 6 nitrogen and oxygen atoms in total. The van der Waals surface area contributed by atoms with Crippen molar-refractivity contribution in [1.29, 1.82) is 0 Å². The van der Waals surface area contributed by atoms with Crippen molar-refractivity contribution in [3.63, 3.8) is 0 Å². The number of anilines is 1. The van der Waals surface area contributed by atoms with Gasteiger partial charge < -0.3 is 10.3 Å². The summed E-state index contributed by atoms with van der Waals surface area (Å²) in [5, 5.41) is 7.70. The SMILES string of the molecule is Cn1cc(-c2noc(-c3cc(N)c(F)cc3F)n2)cn1. The predicted octanol–water partition coefficient (Wildman–Crippen LogP) is 2.00. The van der Waals surface area contributed by atoms with Gasteiger partial charge in [0.2, 0.25) is 5.82 Å². The van der Waals surface area contributed by atoms with E-state index >= 15 is 0 Å². The van der Waals surface area contributed by atoms with Gasteiger partial charge in [-0.2, -0.15) is 10.1 Å². The Labute approximate surface area is 111 Å². The van der Waals surface area contributed by atoms with Crippen molar-refractivity contribution in [1.82, 2.24) is 19.9 Å². The zero-order chi connectivity index (χ0) is 14.3. The van der Waals surface area contributed by atoms with E-state index in [9.17, 15) is 8.78 Å². The van der Waals surface area contributed by atoms with Crippen LogP contribution < -0.4 is 5.73 Å². The van der Waals surface area contributed by atoms with E-state index < -0.39 is 11.6 Å². The number of benzene rings is 1. The number of nitrogens with two attached hydrogens (primary N) is 1. The molecule has 3 rings (SSSR count). The molecule has 0 fully saturated rings. The molecule has 0 aliphatic heterocycles. The van der Waals surface area contributed by atoms with Crippen LogP contribution in [0.4, 0.5) is 14.5 Å². The van der Waals surface area contributed by atoms with Crippen molar-refractivity contribution >= 4 is 5.69 Å². The van der Waals surface area contributed by atoms with Crippen molar-refractivity contribution in [3.05, 3.63) is 36.2 Å². The third kappa shape index (κ3) is 2.00. The molecule has 0 spiro atoms. The fraction of sp³-hybridized carbons (Fsp3) is 0.0833. The Balaban J connectivity index is 2.04. The molecule has 0 saturated carbocycles. The molecule has 1 aromatic carbocycles. The summed E-state index contributed by atoms with van der Waals surface area (Å²) in [6.45, 7) is 0. The highest BCUT2D eigenvalue weighted by Crippen LogP contribution is 2.27. The van der Waals surface area contributed by atoms with Crippen molar-refractivity contribution in [3.8, 4) is 22.8 Å². The van der Waals surface area contributed by atoms with E-state index in [1.54, 1.807) is 24.1 Å². The third-order valence-electron chi connectivity index (χ3n) is 2.71. The van der Waals surface area contributed by atoms with Gasteiger partial charge in [-0.1, -0.05) is 5.16 Å². The third-order valence-corrected chi connectivity index (χ3v) is 2.71. The number of hydrogen-bond acceptors (Lipinski definition) is 5. The lowest BCUT2D eigenvalue weighted by Gasteiger charge is -2.00. The zero-order valence-corrected chi connectivity index (χ0v) is 10.3.